The Morgan fingerprint density at radius 1 is 0.385 bits per heavy atom. The van der Waals surface area contributed by atoms with Crippen molar-refractivity contribution in [3.63, 3.8) is 0 Å². The highest BCUT2D eigenvalue weighted by Crippen LogP contribution is 2.12. The molecule has 0 spiro atoms. The average Bonchev–Trinajstić information content (AvgIpc) is 2.94. The standard InChI is InChI=1S/C37H31NSi/c1-38(2)37-26-24-35(25-27-37)19-18-33-14-12-31(13-15-33)7-6-30-8-10-32(11-9-30)16-17-34-20-22-36(23-21-34)28-29-39(3,4)5/h8-15,20-27H,1-5H3. The number of hydrogen-bond acceptors (Lipinski definition) is 1. The molecule has 0 N–H and O–H groups in total. The number of hydrogen-bond donors (Lipinski definition) is 0. The molecule has 0 fully saturated rings. The molecule has 0 aliphatic rings. The maximum Gasteiger partial charge on any atom is 0.129 e. The predicted octanol–water partition coefficient (Wildman–Crippen LogP) is 7.18. The molecule has 1 nitrogen and oxygen atoms in total. The molecule has 0 amide bonds. The second-order valence-corrected chi connectivity index (χ2v) is 15.2. The molecule has 0 heterocycles. The molecule has 0 unspecified atom stereocenters. The molecule has 4 aromatic rings. The summed E-state index contributed by atoms with van der Waals surface area (Å²) in [5.41, 5.74) is 11.4. The molecule has 0 saturated heterocycles. The van der Waals surface area contributed by atoms with E-state index < -0.39 is 8.07 Å². The van der Waals surface area contributed by atoms with Crippen LogP contribution < -0.4 is 4.90 Å². The quantitative estimate of drug-likeness (QED) is 0.191. The summed E-state index contributed by atoms with van der Waals surface area (Å²) < 4.78 is 0. The fourth-order valence-corrected chi connectivity index (χ4v) is 3.97. The lowest BCUT2D eigenvalue weighted by Gasteiger charge is -2.11. The van der Waals surface area contributed by atoms with Crippen LogP contribution in [0, 0.1) is 47.0 Å². The van der Waals surface area contributed by atoms with Gasteiger partial charge in [-0.3, -0.25) is 0 Å². The van der Waals surface area contributed by atoms with Gasteiger partial charge in [0.1, 0.15) is 8.07 Å². The lowest BCUT2D eigenvalue weighted by molar-refractivity contribution is 1.13. The van der Waals surface area contributed by atoms with Crippen molar-refractivity contribution < 1.29 is 0 Å². The normalized spacial score (nSPS) is 9.87. The van der Waals surface area contributed by atoms with Gasteiger partial charge in [0.15, 0.2) is 0 Å². The summed E-state index contributed by atoms with van der Waals surface area (Å²) in [4.78, 5) is 2.08. The van der Waals surface area contributed by atoms with E-state index in [4.69, 9.17) is 0 Å². The first kappa shape index (κ1) is 27.2. The molecule has 39 heavy (non-hydrogen) atoms. The summed E-state index contributed by atoms with van der Waals surface area (Å²) in [6.07, 6.45) is 0. The van der Waals surface area contributed by atoms with Crippen LogP contribution in [-0.2, 0) is 0 Å². The maximum atomic E-state index is 3.39. The topological polar surface area (TPSA) is 3.24 Å². The number of anilines is 1. The minimum Gasteiger partial charge on any atom is -0.378 e. The minimum absolute atomic E-state index is 0.955. The smallest absolute Gasteiger partial charge is 0.129 e. The summed E-state index contributed by atoms with van der Waals surface area (Å²) in [6.45, 7) is 6.74. The van der Waals surface area contributed by atoms with Crippen LogP contribution in [0.15, 0.2) is 97.1 Å². The van der Waals surface area contributed by atoms with Crippen molar-refractivity contribution in [2.75, 3.05) is 19.0 Å². The Balaban J connectivity index is 1.35. The molecule has 0 aliphatic heterocycles. The Morgan fingerprint density at radius 3 is 0.846 bits per heavy atom. The van der Waals surface area contributed by atoms with Gasteiger partial charge in [-0.25, -0.2) is 0 Å². The molecular weight excluding hydrogens is 487 g/mol. The highest BCUT2D eigenvalue weighted by Gasteiger charge is 2.07. The molecule has 0 aliphatic carbocycles. The molecule has 0 aromatic heterocycles. The van der Waals surface area contributed by atoms with Crippen molar-refractivity contribution in [3.8, 4) is 47.0 Å². The van der Waals surface area contributed by atoms with Gasteiger partial charge in [-0.05, 0) is 97.1 Å². The Kier molecular flexibility index (Phi) is 8.77. The SMILES string of the molecule is CN(C)c1ccc(C#Cc2ccc(C#Cc3ccc(C#Cc4ccc(C#C[Si](C)(C)C)cc4)cc3)cc2)cc1. The zero-order valence-corrected chi connectivity index (χ0v) is 24.2. The van der Waals surface area contributed by atoms with Crippen LogP contribution in [0.5, 0.6) is 0 Å². The van der Waals surface area contributed by atoms with E-state index in [0.29, 0.717) is 0 Å². The number of rotatable bonds is 1. The van der Waals surface area contributed by atoms with Crippen molar-refractivity contribution in [3.05, 3.63) is 136 Å². The molecule has 0 atom stereocenters. The van der Waals surface area contributed by atoms with Gasteiger partial charge in [-0.15, -0.1) is 5.54 Å². The van der Waals surface area contributed by atoms with Crippen molar-refractivity contribution in [1.82, 2.24) is 0 Å². The Morgan fingerprint density at radius 2 is 0.615 bits per heavy atom. The third-order valence-corrected chi connectivity index (χ3v) is 6.55. The largest absolute Gasteiger partial charge is 0.378 e. The van der Waals surface area contributed by atoms with Gasteiger partial charge in [0.05, 0.1) is 0 Å². The zero-order valence-electron chi connectivity index (χ0n) is 23.2. The van der Waals surface area contributed by atoms with Gasteiger partial charge in [-0.1, -0.05) is 61.1 Å². The van der Waals surface area contributed by atoms with Gasteiger partial charge in [0.25, 0.3) is 0 Å². The van der Waals surface area contributed by atoms with Crippen molar-refractivity contribution >= 4 is 13.8 Å². The molecule has 0 radical (unpaired) electrons. The van der Waals surface area contributed by atoms with Crippen molar-refractivity contribution in [2.24, 2.45) is 0 Å². The van der Waals surface area contributed by atoms with Crippen LogP contribution in [-0.4, -0.2) is 22.2 Å². The lowest BCUT2D eigenvalue weighted by atomic mass is 10.1. The first-order valence-electron chi connectivity index (χ1n) is 12.9. The van der Waals surface area contributed by atoms with Crippen LogP contribution in [0.3, 0.4) is 0 Å². The summed E-state index contributed by atoms with van der Waals surface area (Å²) >= 11 is 0. The Bertz CT molecular complexity index is 1670. The zero-order chi connectivity index (χ0) is 27.7. The van der Waals surface area contributed by atoms with Crippen LogP contribution >= 0.6 is 0 Å². The van der Waals surface area contributed by atoms with Gasteiger partial charge < -0.3 is 4.90 Å². The van der Waals surface area contributed by atoms with E-state index in [2.05, 4.69) is 83.7 Å². The summed E-state index contributed by atoms with van der Waals surface area (Å²) in [7, 11) is 2.69. The van der Waals surface area contributed by atoms with E-state index in [1.807, 2.05) is 99.0 Å². The van der Waals surface area contributed by atoms with E-state index in [1.54, 1.807) is 0 Å². The lowest BCUT2D eigenvalue weighted by Crippen LogP contribution is -2.16. The van der Waals surface area contributed by atoms with Crippen molar-refractivity contribution in [1.29, 1.82) is 0 Å². The third kappa shape index (κ3) is 8.88. The maximum absolute atomic E-state index is 3.39. The third-order valence-electron chi connectivity index (χ3n) is 5.67. The molecule has 0 saturated carbocycles. The van der Waals surface area contributed by atoms with Gasteiger partial charge in [0.2, 0.25) is 0 Å². The highest BCUT2D eigenvalue weighted by atomic mass is 28.3. The first-order valence-corrected chi connectivity index (χ1v) is 16.4. The van der Waals surface area contributed by atoms with Gasteiger partial charge in [-0.2, -0.15) is 0 Å². The molecule has 4 rings (SSSR count). The Labute approximate surface area is 234 Å². The summed E-state index contributed by atoms with van der Waals surface area (Å²) in [5, 5.41) is 0. The van der Waals surface area contributed by atoms with E-state index in [0.717, 1.165) is 44.6 Å². The fraction of sp³-hybridized carbons (Fsp3) is 0.135. The molecular formula is C37H31NSi. The van der Waals surface area contributed by atoms with E-state index in [9.17, 15) is 0 Å². The number of nitrogens with zero attached hydrogens (tertiary/aromatic N) is 1. The fourth-order valence-electron chi connectivity index (χ4n) is 3.45. The van der Waals surface area contributed by atoms with E-state index in [1.165, 1.54) is 0 Å². The van der Waals surface area contributed by atoms with E-state index in [-0.39, 0.29) is 0 Å². The van der Waals surface area contributed by atoms with Crippen LogP contribution in [0.2, 0.25) is 19.6 Å². The second-order valence-electron chi connectivity index (χ2n) is 10.4. The van der Waals surface area contributed by atoms with Crippen LogP contribution in [0.4, 0.5) is 5.69 Å². The van der Waals surface area contributed by atoms with Crippen molar-refractivity contribution in [2.45, 2.75) is 19.6 Å². The predicted molar refractivity (Wildman–Crippen MR) is 168 cm³/mol. The average molecular weight is 518 g/mol. The second kappa shape index (κ2) is 12.6. The monoisotopic (exact) mass is 517 g/mol. The van der Waals surface area contributed by atoms with Gasteiger partial charge >= 0.3 is 0 Å². The van der Waals surface area contributed by atoms with E-state index >= 15 is 0 Å². The minimum atomic E-state index is -1.37. The van der Waals surface area contributed by atoms with Crippen LogP contribution in [0.1, 0.15) is 38.9 Å². The summed E-state index contributed by atoms with van der Waals surface area (Å²) in [6, 6.07) is 32.4. The Hall–Kier alpha value is -4.86. The molecule has 188 valence electrons. The molecule has 2 heteroatoms. The van der Waals surface area contributed by atoms with Crippen LogP contribution in [0.25, 0.3) is 0 Å². The molecule has 0 bridgehead atoms. The molecule has 4 aromatic carbocycles. The summed E-state index contributed by atoms with van der Waals surface area (Å²) in [5.74, 6) is 22.7. The first-order chi connectivity index (χ1) is 18.7. The number of benzene rings is 4. The highest BCUT2D eigenvalue weighted by molar-refractivity contribution is 6.83. The van der Waals surface area contributed by atoms with Gasteiger partial charge in [0, 0.05) is 58.7 Å².